The number of rotatable bonds is 5. The van der Waals surface area contributed by atoms with Crippen molar-refractivity contribution in [2.45, 2.75) is 56.9 Å². The summed E-state index contributed by atoms with van der Waals surface area (Å²) >= 11 is 0. The zero-order valence-electron chi connectivity index (χ0n) is 17.1. The molecule has 2 aliphatic rings. The molecule has 1 heterocycles. The molecule has 0 spiro atoms. The predicted octanol–water partition coefficient (Wildman–Crippen LogP) is 3.04. The number of nitrogens with one attached hydrogen (secondary N) is 1. The van der Waals surface area contributed by atoms with E-state index < -0.39 is 10.0 Å². The minimum absolute atomic E-state index is 0.0902. The van der Waals surface area contributed by atoms with Crippen LogP contribution in [0.3, 0.4) is 0 Å². The van der Waals surface area contributed by atoms with Crippen molar-refractivity contribution in [3.63, 3.8) is 0 Å². The molecule has 0 bridgehead atoms. The number of sulfonamides is 1. The first-order valence-electron chi connectivity index (χ1n) is 10.3. The van der Waals surface area contributed by atoms with E-state index in [-0.39, 0.29) is 22.8 Å². The Morgan fingerprint density at radius 3 is 2.32 bits per heavy atom. The zero-order valence-corrected chi connectivity index (χ0v) is 17.9. The minimum Gasteiger partial charge on any atom is -0.497 e. The van der Waals surface area contributed by atoms with Gasteiger partial charge in [-0.2, -0.15) is 4.31 Å². The monoisotopic (exact) mass is 408 g/mol. The Bertz CT molecular complexity index is 770. The largest absolute Gasteiger partial charge is 0.497 e. The molecular weight excluding hydrogens is 376 g/mol. The number of amides is 1. The van der Waals surface area contributed by atoms with E-state index in [9.17, 15) is 13.2 Å². The SMILES string of the molecule is COc1ccc(S(=O)(=O)N2CCC(C(=O)NC3CCCC(C)C3C)CC2)cc1. The van der Waals surface area contributed by atoms with Crippen LogP contribution in [0.15, 0.2) is 29.2 Å². The quantitative estimate of drug-likeness (QED) is 0.813. The zero-order chi connectivity index (χ0) is 20.3. The molecule has 156 valence electrons. The van der Waals surface area contributed by atoms with Crippen LogP contribution in [0, 0.1) is 17.8 Å². The molecule has 1 aliphatic carbocycles. The molecule has 2 fully saturated rings. The molecule has 1 aromatic carbocycles. The summed E-state index contributed by atoms with van der Waals surface area (Å²) < 4.78 is 32.3. The molecule has 1 saturated carbocycles. The summed E-state index contributed by atoms with van der Waals surface area (Å²) in [6, 6.07) is 6.69. The minimum atomic E-state index is -3.53. The van der Waals surface area contributed by atoms with Crippen LogP contribution in [-0.2, 0) is 14.8 Å². The van der Waals surface area contributed by atoms with Crippen LogP contribution in [0.2, 0.25) is 0 Å². The fraction of sp³-hybridized carbons (Fsp3) is 0.667. The van der Waals surface area contributed by atoms with Gasteiger partial charge < -0.3 is 10.1 Å². The highest BCUT2D eigenvalue weighted by atomic mass is 32.2. The van der Waals surface area contributed by atoms with E-state index in [1.165, 1.54) is 10.7 Å². The lowest BCUT2D eigenvalue weighted by atomic mass is 9.78. The highest BCUT2D eigenvalue weighted by Crippen LogP contribution is 2.30. The van der Waals surface area contributed by atoms with Gasteiger partial charge in [0, 0.05) is 25.0 Å². The maximum Gasteiger partial charge on any atom is 0.243 e. The molecular formula is C21H32N2O4S. The van der Waals surface area contributed by atoms with Crippen molar-refractivity contribution in [3.05, 3.63) is 24.3 Å². The maximum atomic E-state index is 12.8. The molecule has 28 heavy (non-hydrogen) atoms. The first-order valence-corrected chi connectivity index (χ1v) is 11.7. The van der Waals surface area contributed by atoms with E-state index in [2.05, 4.69) is 19.2 Å². The van der Waals surface area contributed by atoms with Gasteiger partial charge in [-0.25, -0.2) is 8.42 Å². The van der Waals surface area contributed by atoms with Gasteiger partial charge in [0.2, 0.25) is 15.9 Å². The molecule has 3 unspecified atom stereocenters. The summed E-state index contributed by atoms with van der Waals surface area (Å²) in [6.07, 6.45) is 4.57. The second-order valence-corrected chi connectivity index (χ2v) is 10.2. The van der Waals surface area contributed by atoms with E-state index in [4.69, 9.17) is 4.74 Å². The van der Waals surface area contributed by atoms with Crippen LogP contribution in [0.4, 0.5) is 0 Å². The topological polar surface area (TPSA) is 75.7 Å². The molecule has 0 aromatic heterocycles. The van der Waals surface area contributed by atoms with E-state index in [0.29, 0.717) is 43.5 Å². The summed E-state index contributed by atoms with van der Waals surface area (Å²) in [7, 11) is -1.98. The van der Waals surface area contributed by atoms with Gasteiger partial charge in [-0.3, -0.25) is 4.79 Å². The van der Waals surface area contributed by atoms with Crippen LogP contribution < -0.4 is 10.1 Å². The summed E-state index contributed by atoms with van der Waals surface area (Å²) in [5.41, 5.74) is 0. The van der Waals surface area contributed by atoms with E-state index >= 15 is 0 Å². The average molecular weight is 409 g/mol. The molecule has 1 aromatic rings. The molecule has 3 rings (SSSR count). The van der Waals surface area contributed by atoms with Gasteiger partial charge in [-0.1, -0.05) is 26.7 Å². The number of piperidine rings is 1. The number of ether oxygens (including phenoxy) is 1. The fourth-order valence-corrected chi connectivity index (χ4v) is 5.81. The average Bonchev–Trinajstić information content (AvgIpc) is 2.71. The Hall–Kier alpha value is -1.60. The lowest BCUT2D eigenvalue weighted by Gasteiger charge is -2.36. The molecule has 7 heteroatoms. The molecule has 1 N–H and O–H groups in total. The van der Waals surface area contributed by atoms with Gasteiger partial charge in [0.15, 0.2) is 0 Å². The third kappa shape index (κ3) is 4.51. The van der Waals surface area contributed by atoms with Crippen LogP contribution in [0.25, 0.3) is 0 Å². The smallest absolute Gasteiger partial charge is 0.243 e. The molecule has 1 saturated heterocycles. The summed E-state index contributed by atoms with van der Waals surface area (Å²) in [5, 5.41) is 3.25. The van der Waals surface area contributed by atoms with Crippen LogP contribution >= 0.6 is 0 Å². The lowest BCUT2D eigenvalue weighted by molar-refractivity contribution is -0.127. The maximum absolute atomic E-state index is 12.8. The highest BCUT2D eigenvalue weighted by molar-refractivity contribution is 7.89. The number of hydrogen-bond donors (Lipinski definition) is 1. The van der Waals surface area contributed by atoms with Crippen molar-refractivity contribution in [1.29, 1.82) is 0 Å². The number of carbonyl (C=O) groups excluding carboxylic acids is 1. The van der Waals surface area contributed by atoms with Crippen LogP contribution in [-0.4, -0.2) is 44.9 Å². The van der Waals surface area contributed by atoms with E-state index in [1.807, 2.05) is 0 Å². The normalized spacial score (nSPS) is 27.3. The summed E-state index contributed by atoms with van der Waals surface area (Å²) in [5.74, 6) is 1.74. The molecule has 6 nitrogen and oxygen atoms in total. The van der Waals surface area contributed by atoms with Gasteiger partial charge in [-0.05, 0) is 55.4 Å². The van der Waals surface area contributed by atoms with Gasteiger partial charge in [0.05, 0.1) is 12.0 Å². The van der Waals surface area contributed by atoms with E-state index in [1.54, 1.807) is 31.4 Å². The molecule has 3 atom stereocenters. The number of methoxy groups -OCH3 is 1. The van der Waals surface area contributed by atoms with Crippen molar-refractivity contribution < 1.29 is 17.9 Å². The number of benzene rings is 1. The summed E-state index contributed by atoms with van der Waals surface area (Å²) in [4.78, 5) is 13.0. The van der Waals surface area contributed by atoms with Crippen LogP contribution in [0.1, 0.15) is 46.0 Å². The first kappa shape index (κ1) is 21.1. The fourth-order valence-electron chi connectivity index (χ4n) is 4.34. The summed E-state index contributed by atoms with van der Waals surface area (Å²) in [6.45, 7) is 5.23. The van der Waals surface area contributed by atoms with Gasteiger partial charge >= 0.3 is 0 Å². The Morgan fingerprint density at radius 2 is 1.71 bits per heavy atom. The Morgan fingerprint density at radius 1 is 1.07 bits per heavy atom. The van der Waals surface area contributed by atoms with Crippen molar-refractivity contribution in [2.24, 2.45) is 17.8 Å². The van der Waals surface area contributed by atoms with Gasteiger partial charge in [-0.15, -0.1) is 0 Å². The molecule has 0 radical (unpaired) electrons. The standard InChI is InChI=1S/C21H32N2O4S/c1-15-5-4-6-20(16(15)2)22-21(24)17-11-13-23(14-12-17)28(25,26)19-9-7-18(27-3)8-10-19/h7-10,15-17,20H,4-6,11-14H2,1-3H3,(H,22,24). The molecule has 1 aliphatic heterocycles. The van der Waals surface area contributed by atoms with Gasteiger partial charge in [0.25, 0.3) is 0 Å². The lowest BCUT2D eigenvalue weighted by Crippen LogP contribution is -2.48. The second-order valence-electron chi connectivity index (χ2n) is 8.24. The van der Waals surface area contributed by atoms with Crippen molar-refractivity contribution >= 4 is 15.9 Å². The number of carbonyl (C=O) groups is 1. The predicted molar refractivity (Wildman–Crippen MR) is 109 cm³/mol. The van der Waals surface area contributed by atoms with E-state index in [0.717, 1.165) is 12.8 Å². The second kappa shape index (κ2) is 8.82. The Balaban J connectivity index is 1.56. The third-order valence-electron chi connectivity index (χ3n) is 6.56. The van der Waals surface area contributed by atoms with Crippen molar-refractivity contribution in [3.8, 4) is 5.75 Å². The number of nitrogens with zero attached hydrogens (tertiary/aromatic N) is 1. The third-order valence-corrected chi connectivity index (χ3v) is 8.47. The van der Waals surface area contributed by atoms with Crippen LogP contribution in [0.5, 0.6) is 5.75 Å². The Kier molecular flexibility index (Phi) is 6.65. The van der Waals surface area contributed by atoms with Gasteiger partial charge in [0.1, 0.15) is 5.75 Å². The molecule has 1 amide bonds. The number of hydrogen-bond acceptors (Lipinski definition) is 4. The Labute approximate surface area is 168 Å². The van der Waals surface area contributed by atoms with Crippen molar-refractivity contribution in [2.75, 3.05) is 20.2 Å². The highest BCUT2D eigenvalue weighted by Gasteiger charge is 2.34. The first-order chi connectivity index (χ1) is 13.3. The van der Waals surface area contributed by atoms with Crippen molar-refractivity contribution in [1.82, 2.24) is 9.62 Å².